The Bertz CT molecular complexity index is 675. The van der Waals surface area contributed by atoms with Crippen LogP contribution in [-0.2, 0) is 4.79 Å². The lowest BCUT2D eigenvalue weighted by molar-refractivity contribution is -0.117. The molecule has 1 unspecified atom stereocenters. The molecule has 0 fully saturated rings. The Hall–Kier alpha value is -1.88. The van der Waals surface area contributed by atoms with Gasteiger partial charge in [-0.3, -0.25) is 4.79 Å². The molecule has 0 saturated heterocycles. The zero-order valence-electron chi connectivity index (χ0n) is 10.5. The number of rotatable bonds is 2. The zero-order chi connectivity index (χ0) is 14.1. The summed E-state index contributed by atoms with van der Waals surface area (Å²) in [6, 6.07) is 11.9. The number of carbonyl (C=O) groups is 1. The lowest BCUT2D eigenvalue weighted by atomic mass is 10.0. The first kappa shape index (κ1) is 13.1. The maximum absolute atomic E-state index is 13.2. The van der Waals surface area contributed by atoms with Crippen LogP contribution in [-0.4, -0.2) is 12.5 Å². The van der Waals surface area contributed by atoms with Gasteiger partial charge < -0.3 is 10.6 Å². The average Bonchev–Trinajstić information content (AvgIpc) is 2.87. The van der Waals surface area contributed by atoms with Crippen molar-refractivity contribution in [1.82, 2.24) is 0 Å². The van der Waals surface area contributed by atoms with Crippen molar-refractivity contribution in [2.45, 2.75) is 5.92 Å². The molecule has 0 saturated carbocycles. The minimum atomic E-state index is -0.381. The summed E-state index contributed by atoms with van der Waals surface area (Å²) in [4.78, 5) is 12.3. The maximum Gasteiger partial charge on any atom is 0.233 e. The van der Waals surface area contributed by atoms with Gasteiger partial charge in [0.1, 0.15) is 5.82 Å². The molecule has 0 radical (unpaired) electrons. The molecular formula is C15H12BrFN2O. The van der Waals surface area contributed by atoms with E-state index in [4.69, 9.17) is 0 Å². The Morgan fingerprint density at radius 2 is 2.10 bits per heavy atom. The van der Waals surface area contributed by atoms with Crippen molar-refractivity contribution in [2.24, 2.45) is 0 Å². The van der Waals surface area contributed by atoms with Gasteiger partial charge in [0, 0.05) is 16.7 Å². The summed E-state index contributed by atoms with van der Waals surface area (Å²) < 4.78 is 13.9. The third kappa shape index (κ3) is 2.41. The van der Waals surface area contributed by atoms with Gasteiger partial charge >= 0.3 is 0 Å². The molecule has 0 bridgehead atoms. The first-order chi connectivity index (χ1) is 9.65. The molecule has 2 aromatic rings. The fourth-order valence-electron chi connectivity index (χ4n) is 2.33. The largest absolute Gasteiger partial charge is 0.384 e. The Labute approximate surface area is 124 Å². The van der Waals surface area contributed by atoms with Crippen LogP contribution in [0.4, 0.5) is 15.8 Å². The second-order valence-electron chi connectivity index (χ2n) is 4.63. The minimum Gasteiger partial charge on any atom is -0.384 e. The van der Waals surface area contributed by atoms with E-state index in [2.05, 4.69) is 26.6 Å². The Morgan fingerprint density at radius 3 is 2.95 bits per heavy atom. The first-order valence-corrected chi connectivity index (χ1v) is 7.03. The number of nitrogens with one attached hydrogen (secondary N) is 2. The fourth-order valence-corrected chi connectivity index (χ4v) is 2.68. The number of hydrogen-bond acceptors (Lipinski definition) is 2. The number of benzene rings is 2. The van der Waals surface area contributed by atoms with Gasteiger partial charge in [-0.15, -0.1) is 0 Å². The number of hydrogen-bond donors (Lipinski definition) is 2. The first-order valence-electron chi connectivity index (χ1n) is 6.24. The van der Waals surface area contributed by atoms with Crippen LogP contribution in [0.3, 0.4) is 0 Å². The number of amides is 1. The topological polar surface area (TPSA) is 41.1 Å². The molecule has 1 atom stereocenters. The van der Waals surface area contributed by atoms with Crippen LogP contribution < -0.4 is 10.6 Å². The third-order valence-electron chi connectivity index (χ3n) is 3.34. The normalized spacial score (nSPS) is 16.4. The predicted octanol–water partition coefficient (Wildman–Crippen LogP) is 3.74. The van der Waals surface area contributed by atoms with E-state index in [1.165, 1.54) is 12.1 Å². The molecule has 0 aliphatic carbocycles. The van der Waals surface area contributed by atoms with E-state index in [-0.39, 0.29) is 17.6 Å². The Morgan fingerprint density at radius 1 is 1.30 bits per heavy atom. The molecule has 0 aromatic heterocycles. The summed E-state index contributed by atoms with van der Waals surface area (Å²) in [5.74, 6) is -0.788. The van der Waals surface area contributed by atoms with Crippen molar-refractivity contribution in [1.29, 1.82) is 0 Å². The van der Waals surface area contributed by atoms with Gasteiger partial charge in [-0.25, -0.2) is 4.39 Å². The van der Waals surface area contributed by atoms with E-state index >= 15 is 0 Å². The van der Waals surface area contributed by atoms with E-state index < -0.39 is 0 Å². The van der Waals surface area contributed by atoms with Gasteiger partial charge in [-0.05, 0) is 45.8 Å². The van der Waals surface area contributed by atoms with Crippen molar-refractivity contribution in [3.8, 4) is 0 Å². The lowest BCUT2D eigenvalue weighted by Gasteiger charge is -2.12. The van der Waals surface area contributed by atoms with Gasteiger partial charge in [-0.1, -0.05) is 18.2 Å². The monoisotopic (exact) mass is 334 g/mol. The quantitative estimate of drug-likeness (QED) is 0.878. The van der Waals surface area contributed by atoms with Crippen LogP contribution in [0.25, 0.3) is 0 Å². The molecule has 1 amide bonds. The molecule has 1 aliphatic heterocycles. The molecule has 2 aromatic carbocycles. The van der Waals surface area contributed by atoms with Crippen LogP contribution >= 0.6 is 15.9 Å². The van der Waals surface area contributed by atoms with Crippen LogP contribution in [0.1, 0.15) is 11.5 Å². The minimum absolute atomic E-state index is 0.145. The molecule has 5 heteroatoms. The second-order valence-corrected chi connectivity index (χ2v) is 5.49. The highest BCUT2D eigenvalue weighted by Gasteiger charge is 2.28. The summed E-state index contributed by atoms with van der Waals surface area (Å²) in [5, 5.41) is 5.96. The molecule has 1 heterocycles. The fraction of sp³-hybridized carbons (Fsp3) is 0.133. The Balaban J connectivity index is 1.83. The van der Waals surface area contributed by atoms with E-state index in [1.54, 1.807) is 6.07 Å². The van der Waals surface area contributed by atoms with Gasteiger partial charge in [0.05, 0.1) is 11.6 Å². The summed E-state index contributed by atoms with van der Waals surface area (Å²) in [5.41, 5.74) is 2.39. The maximum atomic E-state index is 13.2. The van der Waals surface area contributed by atoms with E-state index in [1.807, 2.05) is 24.3 Å². The standard InChI is InChI=1S/C15H12BrFN2O/c16-12-6-5-9(17)7-14(12)19-15(20)11-8-18-13-4-2-1-3-10(11)13/h1-7,11,18H,8H2,(H,19,20). The van der Waals surface area contributed by atoms with Gasteiger partial charge in [-0.2, -0.15) is 0 Å². The van der Waals surface area contributed by atoms with Crippen LogP contribution in [0.2, 0.25) is 0 Å². The summed E-state index contributed by atoms with van der Waals surface area (Å²) >= 11 is 3.30. The highest BCUT2D eigenvalue weighted by atomic mass is 79.9. The summed E-state index contributed by atoms with van der Waals surface area (Å²) in [6.07, 6.45) is 0. The van der Waals surface area contributed by atoms with E-state index in [9.17, 15) is 9.18 Å². The van der Waals surface area contributed by atoms with Crippen molar-refractivity contribution in [2.75, 3.05) is 17.2 Å². The second kappa shape index (κ2) is 5.25. The number of anilines is 2. The third-order valence-corrected chi connectivity index (χ3v) is 4.03. The SMILES string of the molecule is O=C(Nc1cc(F)ccc1Br)C1CNc2ccccc21. The van der Waals surface area contributed by atoms with Gasteiger partial charge in [0.15, 0.2) is 0 Å². The van der Waals surface area contributed by atoms with Crippen molar-refractivity contribution >= 4 is 33.2 Å². The van der Waals surface area contributed by atoms with Gasteiger partial charge in [0.2, 0.25) is 5.91 Å². The highest BCUT2D eigenvalue weighted by molar-refractivity contribution is 9.10. The molecule has 20 heavy (non-hydrogen) atoms. The van der Waals surface area contributed by atoms with Crippen LogP contribution in [0.15, 0.2) is 46.9 Å². The van der Waals surface area contributed by atoms with Crippen LogP contribution in [0.5, 0.6) is 0 Å². The molecule has 1 aliphatic rings. The molecule has 2 N–H and O–H groups in total. The molecule has 3 rings (SSSR count). The zero-order valence-corrected chi connectivity index (χ0v) is 12.1. The van der Waals surface area contributed by atoms with Crippen LogP contribution in [0, 0.1) is 5.82 Å². The van der Waals surface area contributed by atoms with Crippen molar-refractivity contribution in [3.05, 3.63) is 58.3 Å². The molecule has 3 nitrogen and oxygen atoms in total. The number of halogens is 2. The molecule has 102 valence electrons. The van der Waals surface area contributed by atoms with Crippen molar-refractivity contribution in [3.63, 3.8) is 0 Å². The highest BCUT2D eigenvalue weighted by Crippen LogP contribution is 2.32. The molecular weight excluding hydrogens is 323 g/mol. The smallest absolute Gasteiger partial charge is 0.233 e. The Kier molecular flexibility index (Phi) is 3.44. The van der Waals surface area contributed by atoms with Crippen molar-refractivity contribution < 1.29 is 9.18 Å². The predicted molar refractivity (Wildman–Crippen MR) is 80.4 cm³/mol. The lowest BCUT2D eigenvalue weighted by Crippen LogP contribution is -2.22. The number of fused-ring (bicyclic) bond motifs is 1. The number of carbonyl (C=O) groups excluding carboxylic acids is 1. The average molecular weight is 335 g/mol. The summed E-state index contributed by atoms with van der Waals surface area (Å²) in [7, 11) is 0. The van der Waals surface area contributed by atoms with E-state index in [0.29, 0.717) is 16.7 Å². The number of para-hydroxylation sites is 1. The summed E-state index contributed by atoms with van der Waals surface area (Å²) in [6.45, 7) is 0.554. The van der Waals surface area contributed by atoms with Gasteiger partial charge in [0.25, 0.3) is 0 Å². The molecule has 0 spiro atoms. The van der Waals surface area contributed by atoms with E-state index in [0.717, 1.165) is 11.3 Å².